The Labute approximate surface area is 145 Å². The van der Waals surface area contributed by atoms with Crippen LogP contribution >= 0.6 is 0 Å². The molecule has 1 aliphatic rings. The number of methoxy groups -OCH3 is 1. The van der Waals surface area contributed by atoms with E-state index in [1.54, 1.807) is 19.1 Å². The van der Waals surface area contributed by atoms with Gasteiger partial charge >= 0.3 is 5.51 Å². The van der Waals surface area contributed by atoms with Crippen molar-refractivity contribution in [2.75, 3.05) is 25.2 Å². The Hall–Kier alpha value is -1.65. The molecule has 1 fully saturated rings. The fraction of sp³-hybridized carbons (Fsp3) is 0.533. The summed E-state index contributed by atoms with van der Waals surface area (Å²) in [4.78, 5) is 13.7. The molecule has 1 aromatic carbocycles. The van der Waals surface area contributed by atoms with Gasteiger partial charge in [-0.3, -0.25) is 9.52 Å². The van der Waals surface area contributed by atoms with Crippen molar-refractivity contribution in [1.29, 1.82) is 0 Å². The van der Waals surface area contributed by atoms with Crippen LogP contribution in [0.15, 0.2) is 24.3 Å². The fourth-order valence-corrected chi connectivity index (χ4v) is 2.96. The summed E-state index contributed by atoms with van der Waals surface area (Å²) in [5.41, 5.74) is -5.14. The second-order valence-corrected chi connectivity index (χ2v) is 7.10. The Balaban J connectivity index is 2.09. The maximum absolute atomic E-state index is 12.5. The molecule has 2 unspecified atom stereocenters. The molecule has 10 heteroatoms. The van der Waals surface area contributed by atoms with Crippen LogP contribution in [0.5, 0.6) is 0 Å². The van der Waals surface area contributed by atoms with Gasteiger partial charge in [-0.25, -0.2) is 4.21 Å². The number of alkyl halides is 3. The average Bonchev–Trinajstić information content (AvgIpc) is 2.51. The number of benzene rings is 1. The number of carbonyl (C=O) groups excluding carboxylic acids is 1. The number of nitrogens with zero attached hydrogens (tertiary/aromatic N) is 1. The summed E-state index contributed by atoms with van der Waals surface area (Å²) in [7, 11) is -1.72. The highest BCUT2D eigenvalue weighted by molar-refractivity contribution is 7.87. The van der Waals surface area contributed by atoms with Gasteiger partial charge in [-0.15, -0.1) is 0 Å². The van der Waals surface area contributed by atoms with Crippen molar-refractivity contribution in [3.05, 3.63) is 29.8 Å². The van der Waals surface area contributed by atoms with Gasteiger partial charge in [0.25, 0.3) is 0 Å². The van der Waals surface area contributed by atoms with E-state index in [0.717, 1.165) is 0 Å². The number of hydrogen-bond donors (Lipinski definition) is 1. The predicted octanol–water partition coefficient (Wildman–Crippen LogP) is 2.39. The normalized spacial score (nSPS) is 22.8. The van der Waals surface area contributed by atoms with Crippen molar-refractivity contribution in [1.82, 2.24) is 4.90 Å². The van der Waals surface area contributed by atoms with Gasteiger partial charge in [0.05, 0.1) is 24.3 Å². The molecule has 25 heavy (non-hydrogen) atoms. The van der Waals surface area contributed by atoms with Crippen LogP contribution in [-0.2, 0) is 31.8 Å². The third-order valence-corrected chi connectivity index (χ3v) is 4.51. The van der Waals surface area contributed by atoms with Gasteiger partial charge in [-0.05, 0) is 18.6 Å². The van der Waals surface area contributed by atoms with Crippen LogP contribution in [0, 0.1) is 0 Å². The second kappa shape index (κ2) is 7.71. The van der Waals surface area contributed by atoms with Gasteiger partial charge in [0, 0.05) is 13.7 Å². The molecule has 0 saturated carbocycles. The van der Waals surface area contributed by atoms with Gasteiger partial charge < -0.3 is 14.4 Å². The van der Waals surface area contributed by atoms with E-state index in [2.05, 4.69) is 0 Å². The largest absolute Gasteiger partial charge is 0.490 e. The lowest BCUT2D eigenvalue weighted by Crippen LogP contribution is -2.50. The molecule has 2 atom stereocenters. The molecule has 140 valence electrons. The van der Waals surface area contributed by atoms with E-state index in [0.29, 0.717) is 5.56 Å². The number of nitrogens with one attached hydrogen (secondary N) is 1. The number of ether oxygens (including phenoxy) is 2. The monoisotopic (exact) mass is 380 g/mol. The number of amides is 1. The molecule has 6 nitrogen and oxygen atoms in total. The molecule has 1 aliphatic heterocycles. The molecular formula is C15H19F3N2O4S. The van der Waals surface area contributed by atoms with E-state index < -0.39 is 22.1 Å². The minimum absolute atomic E-state index is 0.00458. The van der Waals surface area contributed by atoms with E-state index in [-0.39, 0.29) is 37.9 Å². The van der Waals surface area contributed by atoms with E-state index >= 15 is 0 Å². The van der Waals surface area contributed by atoms with Gasteiger partial charge in [-0.1, -0.05) is 18.2 Å². The molecule has 0 bridgehead atoms. The van der Waals surface area contributed by atoms with E-state index in [1.165, 1.54) is 24.1 Å². The highest BCUT2D eigenvalue weighted by Gasteiger charge is 2.38. The molecule has 2 rings (SSSR count). The third kappa shape index (κ3) is 5.16. The summed E-state index contributed by atoms with van der Waals surface area (Å²) in [6.45, 7) is 2.05. The van der Waals surface area contributed by atoms with Crippen molar-refractivity contribution in [2.45, 2.75) is 31.0 Å². The molecule has 1 saturated heterocycles. The van der Waals surface area contributed by atoms with Crippen molar-refractivity contribution in [2.24, 2.45) is 0 Å². The highest BCUT2D eigenvalue weighted by atomic mass is 32.2. The average molecular weight is 380 g/mol. The lowest BCUT2D eigenvalue weighted by molar-refractivity contribution is -0.179. The van der Waals surface area contributed by atoms with E-state index in [9.17, 15) is 22.2 Å². The van der Waals surface area contributed by atoms with Gasteiger partial charge in [0.1, 0.15) is 6.73 Å². The van der Waals surface area contributed by atoms with Crippen LogP contribution < -0.4 is 4.72 Å². The van der Waals surface area contributed by atoms with Gasteiger partial charge in [0.2, 0.25) is 16.9 Å². The summed E-state index contributed by atoms with van der Waals surface area (Å²) < 4.78 is 61.3. The Bertz CT molecular complexity index is 656. The summed E-state index contributed by atoms with van der Waals surface area (Å²) in [5.74, 6) is -0.197. The van der Waals surface area contributed by atoms with Crippen LogP contribution in [0.1, 0.15) is 18.9 Å². The summed E-state index contributed by atoms with van der Waals surface area (Å²) in [6, 6.07) is 6.08. The first-order valence-electron chi connectivity index (χ1n) is 7.38. The predicted molar refractivity (Wildman–Crippen MR) is 85.7 cm³/mol. The number of rotatable bonds is 6. The lowest BCUT2D eigenvalue weighted by atomic mass is 10.0. The molecule has 0 radical (unpaired) electrons. The minimum atomic E-state index is -4.88. The molecule has 0 aromatic heterocycles. The maximum atomic E-state index is 12.5. The molecule has 0 aliphatic carbocycles. The molecule has 1 heterocycles. The number of anilines is 1. The van der Waals surface area contributed by atoms with Crippen LogP contribution in [0.4, 0.5) is 18.9 Å². The van der Waals surface area contributed by atoms with Crippen LogP contribution in [0.25, 0.3) is 0 Å². The first-order chi connectivity index (χ1) is 11.6. The van der Waals surface area contributed by atoms with Crippen molar-refractivity contribution in [3.63, 3.8) is 0 Å². The zero-order valence-electron chi connectivity index (χ0n) is 13.8. The van der Waals surface area contributed by atoms with Gasteiger partial charge in [-0.2, -0.15) is 13.2 Å². The summed E-state index contributed by atoms with van der Waals surface area (Å²) in [6.07, 6.45) is 0.102. The summed E-state index contributed by atoms with van der Waals surface area (Å²) >= 11 is 0. The maximum Gasteiger partial charge on any atom is 0.490 e. The smallest absolute Gasteiger partial charge is 0.382 e. The van der Waals surface area contributed by atoms with Gasteiger partial charge in [0.15, 0.2) is 0 Å². The Morgan fingerprint density at radius 2 is 2.08 bits per heavy atom. The molecule has 1 amide bonds. The second-order valence-electron chi connectivity index (χ2n) is 5.90. The van der Waals surface area contributed by atoms with Crippen molar-refractivity contribution < 1.29 is 31.6 Å². The standard InChI is InChI=1S/C15H19F3N2O4S/c1-14(9-23-2)7-13(21)20(10-24-14)8-11-5-3-4-6-12(11)19-25(22)15(16,17)18/h3-6,19H,7-10H2,1-2H3. The van der Waals surface area contributed by atoms with Crippen LogP contribution in [-0.4, -0.2) is 46.6 Å². The SMILES string of the molecule is COCC1(C)CC(=O)N(Cc2ccccc2NS(=O)C(F)(F)F)CO1. The fourth-order valence-electron chi connectivity index (χ4n) is 2.44. The van der Waals surface area contributed by atoms with E-state index in [4.69, 9.17) is 9.47 Å². The number of para-hydroxylation sites is 1. The molecule has 1 aromatic rings. The van der Waals surface area contributed by atoms with Crippen LogP contribution in [0.2, 0.25) is 0 Å². The Kier molecular flexibility index (Phi) is 6.07. The molecular weight excluding hydrogens is 361 g/mol. The lowest BCUT2D eigenvalue weighted by Gasteiger charge is -2.38. The number of halogens is 3. The Morgan fingerprint density at radius 1 is 1.40 bits per heavy atom. The topological polar surface area (TPSA) is 67.9 Å². The molecule has 0 spiro atoms. The minimum Gasteiger partial charge on any atom is -0.382 e. The quantitative estimate of drug-likeness (QED) is 0.823. The van der Waals surface area contributed by atoms with E-state index in [1.807, 2.05) is 4.72 Å². The zero-order valence-corrected chi connectivity index (χ0v) is 14.6. The Morgan fingerprint density at radius 3 is 2.68 bits per heavy atom. The van der Waals surface area contributed by atoms with Crippen molar-refractivity contribution >= 4 is 22.6 Å². The number of hydrogen-bond acceptors (Lipinski definition) is 4. The zero-order chi connectivity index (χ0) is 18.7. The van der Waals surface area contributed by atoms with Crippen LogP contribution in [0.3, 0.4) is 0 Å². The first kappa shape index (κ1) is 19.7. The highest BCUT2D eigenvalue weighted by Crippen LogP contribution is 2.27. The number of carbonyl (C=O) groups is 1. The molecule has 1 N–H and O–H groups in total. The third-order valence-electron chi connectivity index (χ3n) is 3.69. The first-order valence-corrected chi connectivity index (χ1v) is 8.53. The summed E-state index contributed by atoms with van der Waals surface area (Å²) in [5, 5.41) is 0. The van der Waals surface area contributed by atoms with Crippen molar-refractivity contribution in [3.8, 4) is 0 Å².